The van der Waals surface area contributed by atoms with Crippen molar-refractivity contribution in [3.05, 3.63) is 21.9 Å². The molecule has 2 heteroatoms. The molecular weight excluding hydrogens is 240 g/mol. The van der Waals surface area contributed by atoms with Crippen molar-refractivity contribution in [3.63, 3.8) is 0 Å². The van der Waals surface area contributed by atoms with Gasteiger partial charge in [0.25, 0.3) is 0 Å². The van der Waals surface area contributed by atoms with Crippen LogP contribution in [0.3, 0.4) is 0 Å². The van der Waals surface area contributed by atoms with E-state index in [1.807, 2.05) is 6.92 Å². The Hall–Kier alpha value is -0.340. The summed E-state index contributed by atoms with van der Waals surface area (Å²) in [6.45, 7) is 6.30. The van der Waals surface area contributed by atoms with Crippen molar-refractivity contribution in [1.82, 2.24) is 0 Å². The van der Waals surface area contributed by atoms with Crippen molar-refractivity contribution in [2.75, 3.05) is 0 Å². The lowest BCUT2D eigenvalue weighted by Crippen LogP contribution is -2.19. The van der Waals surface area contributed by atoms with E-state index in [-0.39, 0.29) is 0 Å². The van der Waals surface area contributed by atoms with Crippen LogP contribution in [0.25, 0.3) is 0 Å². The zero-order valence-corrected chi connectivity index (χ0v) is 13.0. The zero-order valence-electron chi connectivity index (χ0n) is 12.2. The lowest BCUT2D eigenvalue weighted by Gasteiger charge is -2.21. The van der Waals surface area contributed by atoms with Crippen molar-refractivity contribution >= 4 is 11.3 Å². The second-order valence-electron chi connectivity index (χ2n) is 5.56. The Morgan fingerprint density at radius 3 is 2.22 bits per heavy atom. The van der Waals surface area contributed by atoms with Crippen LogP contribution in [0, 0.1) is 6.92 Å². The van der Waals surface area contributed by atoms with Crippen LogP contribution in [0.15, 0.2) is 12.1 Å². The smallest absolute Gasteiger partial charge is 0.0960 e. The molecule has 0 aromatic carbocycles. The van der Waals surface area contributed by atoms with Gasteiger partial charge in [-0.25, -0.2) is 0 Å². The highest BCUT2D eigenvalue weighted by Crippen LogP contribution is 2.32. The zero-order chi connectivity index (χ0) is 13.4. The fourth-order valence-electron chi connectivity index (χ4n) is 2.27. The molecule has 0 aliphatic rings. The number of hydrogen-bond donors (Lipinski definition) is 1. The van der Waals surface area contributed by atoms with E-state index in [1.54, 1.807) is 11.3 Å². The molecule has 0 aliphatic carbocycles. The summed E-state index contributed by atoms with van der Waals surface area (Å²) in [6.07, 6.45) is 10.0. The van der Waals surface area contributed by atoms with Gasteiger partial charge in [0.1, 0.15) is 0 Å². The van der Waals surface area contributed by atoms with Gasteiger partial charge >= 0.3 is 0 Å². The third-order valence-corrected chi connectivity index (χ3v) is 4.79. The normalized spacial score (nSPS) is 14.7. The summed E-state index contributed by atoms with van der Waals surface area (Å²) in [5, 5.41) is 10.5. The van der Waals surface area contributed by atoms with Crippen molar-refractivity contribution in [1.29, 1.82) is 0 Å². The molecule has 104 valence electrons. The first-order chi connectivity index (χ1) is 8.56. The van der Waals surface area contributed by atoms with Crippen LogP contribution in [0.2, 0.25) is 0 Å². The minimum Gasteiger partial charge on any atom is -0.385 e. The molecule has 0 fully saturated rings. The molecule has 0 spiro atoms. The van der Waals surface area contributed by atoms with Gasteiger partial charge < -0.3 is 5.11 Å². The van der Waals surface area contributed by atoms with Gasteiger partial charge in [0.05, 0.1) is 5.60 Å². The Balaban J connectivity index is 2.18. The fraction of sp³-hybridized carbons (Fsp3) is 0.750. The van der Waals surface area contributed by atoms with E-state index in [9.17, 15) is 5.11 Å². The van der Waals surface area contributed by atoms with Crippen molar-refractivity contribution in [3.8, 4) is 0 Å². The maximum atomic E-state index is 10.5. The predicted molar refractivity (Wildman–Crippen MR) is 81.2 cm³/mol. The molecule has 1 atom stereocenters. The molecule has 1 unspecified atom stereocenters. The fourth-order valence-corrected chi connectivity index (χ4v) is 3.21. The average Bonchev–Trinajstić information content (AvgIpc) is 2.75. The monoisotopic (exact) mass is 268 g/mol. The molecule has 1 heterocycles. The summed E-state index contributed by atoms with van der Waals surface area (Å²) < 4.78 is 0. The van der Waals surface area contributed by atoms with E-state index >= 15 is 0 Å². The van der Waals surface area contributed by atoms with Gasteiger partial charge in [0.2, 0.25) is 0 Å². The van der Waals surface area contributed by atoms with E-state index in [0.717, 1.165) is 17.7 Å². The SMILES string of the molecule is CCCCCCCCCC(C)(O)c1ccc(C)s1. The molecular formula is C16H28OS. The summed E-state index contributed by atoms with van der Waals surface area (Å²) in [6, 6.07) is 4.17. The highest BCUT2D eigenvalue weighted by atomic mass is 32.1. The maximum Gasteiger partial charge on any atom is 0.0960 e. The number of rotatable bonds is 9. The summed E-state index contributed by atoms with van der Waals surface area (Å²) >= 11 is 1.72. The highest BCUT2D eigenvalue weighted by molar-refractivity contribution is 7.12. The molecule has 0 amide bonds. The summed E-state index contributed by atoms with van der Waals surface area (Å²) in [5.41, 5.74) is -0.623. The van der Waals surface area contributed by atoms with Gasteiger partial charge in [-0.3, -0.25) is 0 Å². The van der Waals surface area contributed by atoms with Crippen molar-refractivity contribution < 1.29 is 5.11 Å². The van der Waals surface area contributed by atoms with Crippen LogP contribution >= 0.6 is 11.3 Å². The molecule has 1 aromatic heterocycles. The van der Waals surface area contributed by atoms with Gasteiger partial charge in [-0.05, 0) is 32.4 Å². The van der Waals surface area contributed by atoms with Gasteiger partial charge in [0, 0.05) is 9.75 Å². The molecule has 0 saturated heterocycles. The number of thiophene rings is 1. The Labute approximate surface area is 116 Å². The van der Waals surface area contributed by atoms with Crippen LogP contribution in [-0.4, -0.2) is 5.11 Å². The Morgan fingerprint density at radius 2 is 1.67 bits per heavy atom. The van der Waals surface area contributed by atoms with Crippen molar-refractivity contribution in [2.24, 2.45) is 0 Å². The third-order valence-electron chi connectivity index (χ3n) is 3.54. The lowest BCUT2D eigenvalue weighted by atomic mass is 9.96. The highest BCUT2D eigenvalue weighted by Gasteiger charge is 2.23. The first-order valence-corrected chi connectivity index (χ1v) is 8.17. The van der Waals surface area contributed by atoms with E-state index in [1.165, 1.54) is 43.4 Å². The molecule has 1 N–H and O–H groups in total. The molecule has 1 rings (SSSR count). The van der Waals surface area contributed by atoms with Crippen LogP contribution in [-0.2, 0) is 5.60 Å². The van der Waals surface area contributed by atoms with Gasteiger partial charge in [0.15, 0.2) is 0 Å². The van der Waals surface area contributed by atoms with Crippen LogP contribution in [0.4, 0.5) is 0 Å². The van der Waals surface area contributed by atoms with Crippen LogP contribution < -0.4 is 0 Å². The van der Waals surface area contributed by atoms with E-state index in [0.29, 0.717) is 0 Å². The topological polar surface area (TPSA) is 20.2 Å². The van der Waals surface area contributed by atoms with Crippen LogP contribution in [0.5, 0.6) is 0 Å². The molecule has 18 heavy (non-hydrogen) atoms. The Morgan fingerprint density at radius 1 is 1.06 bits per heavy atom. The van der Waals surface area contributed by atoms with Gasteiger partial charge in [-0.1, -0.05) is 51.9 Å². The van der Waals surface area contributed by atoms with E-state index in [4.69, 9.17) is 0 Å². The molecule has 0 saturated carbocycles. The van der Waals surface area contributed by atoms with E-state index < -0.39 is 5.60 Å². The standard InChI is InChI=1S/C16H28OS/c1-4-5-6-7-8-9-10-13-16(3,17)15-12-11-14(2)18-15/h11-12,17H,4-10,13H2,1-3H3. The second-order valence-corrected chi connectivity index (χ2v) is 6.84. The Bertz CT molecular complexity index is 328. The lowest BCUT2D eigenvalue weighted by molar-refractivity contribution is 0.0486. The van der Waals surface area contributed by atoms with Crippen LogP contribution in [0.1, 0.15) is 75.0 Å². The van der Waals surface area contributed by atoms with Crippen molar-refractivity contribution in [2.45, 2.75) is 77.7 Å². The number of aryl methyl sites for hydroxylation is 1. The molecule has 0 radical (unpaired) electrons. The molecule has 0 bridgehead atoms. The summed E-state index contributed by atoms with van der Waals surface area (Å²) in [7, 11) is 0. The number of unbranched alkanes of at least 4 members (excludes halogenated alkanes) is 6. The van der Waals surface area contributed by atoms with Gasteiger partial charge in [-0.2, -0.15) is 0 Å². The predicted octanol–water partition coefficient (Wildman–Crippen LogP) is 5.40. The minimum absolute atomic E-state index is 0.623. The Kier molecular flexibility index (Phi) is 6.95. The third kappa shape index (κ3) is 5.53. The first-order valence-electron chi connectivity index (χ1n) is 7.35. The largest absolute Gasteiger partial charge is 0.385 e. The summed E-state index contributed by atoms with van der Waals surface area (Å²) in [5.74, 6) is 0. The minimum atomic E-state index is -0.623. The average molecular weight is 268 g/mol. The maximum absolute atomic E-state index is 10.5. The molecule has 1 aromatic rings. The molecule has 0 aliphatic heterocycles. The molecule has 1 nitrogen and oxygen atoms in total. The summed E-state index contributed by atoms with van der Waals surface area (Å²) in [4.78, 5) is 2.40. The number of aliphatic hydroxyl groups is 1. The second kappa shape index (κ2) is 7.96. The van der Waals surface area contributed by atoms with Gasteiger partial charge in [-0.15, -0.1) is 11.3 Å². The quantitative estimate of drug-likeness (QED) is 0.594. The first kappa shape index (κ1) is 15.7. The number of hydrogen-bond acceptors (Lipinski definition) is 2. The van der Waals surface area contributed by atoms with E-state index in [2.05, 4.69) is 26.0 Å².